The molecule has 3 aromatic rings. The van der Waals surface area contributed by atoms with Gasteiger partial charge in [-0.05, 0) is 52.9 Å². The minimum atomic E-state index is -0.299. The van der Waals surface area contributed by atoms with Gasteiger partial charge in [-0.15, -0.1) is 0 Å². The number of nitrogens with zero attached hydrogens (tertiary/aromatic N) is 2. The van der Waals surface area contributed by atoms with Gasteiger partial charge in [-0.2, -0.15) is 5.10 Å². The van der Waals surface area contributed by atoms with Gasteiger partial charge in [0.15, 0.2) is 0 Å². The molecule has 7 heteroatoms. The molecule has 0 bridgehead atoms. The van der Waals surface area contributed by atoms with E-state index in [4.69, 9.17) is 23.2 Å². The van der Waals surface area contributed by atoms with Crippen LogP contribution in [0.25, 0.3) is 0 Å². The number of carbonyl (C=O) groups excluding carboxylic acids is 2. The number of hydrogen-bond donors (Lipinski definition) is 1. The van der Waals surface area contributed by atoms with Crippen molar-refractivity contribution in [1.82, 2.24) is 5.01 Å². The topological polar surface area (TPSA) is 61.8 Å². The minimum Gasteiger partial charge on any atom is -0.326 e. The third kappa shape index (κ3) is 5.58. The first-order valence-corrected chi connectivity index (χ1v) is 12.3. The van der Waals surface area contributed by atoms with Gasteiger partial charge in [-0.25, -0.2) is 5.01 Å². The highest BCUT2D eigenvalue weighted by Crippen LogP contribution is 2.36. The van der Waals surface area contributed by atoms with Gasteiger partial charge in [-0.1, -0.05) is 79.5 Å². The zero-order valence-corrected chi connectivity index (χ0v) is 21.3. The average molecular weight is 508 g/mol. The molecular formula is C28H27Cl2N3O2. The molecule has 2 atom stereocenters. The van der Waals surface area contributed by atoms with E-state index in [2.05, 4.69) is 10.4 Å². The predicted octanol–water partition coefficient (Wildman–Crippen LogP) is 7.07. The molecule has 0 spiro atoms. The Labute approximate surface area is 215 Å². The molecule has 3 aromatic carbocycles. The second-order valence-corrected chi connectivity index (χ2v) is 9.84. The van der Waals surface area contributed by atoms with Gasteiger partial charge in [0.05, 0.1) is 17.7 Å². The molecule has 0 aliphatic carbocycles. The Hall–Kier alpha value is -3.15. The predicted molar refractivity (Wildman–Crippen MR) is 142 cm³/mol. The molecule has 0 saturated heterocycles. The van der Waals surface area contributed by atoms with Gasteiger partial charge >= 0.3 is 0 Å². The summed E-state index contributed by atoms with van der Waals surface area (Å²) in [6.07, 6.45) is 0.557. The molecule has 0 fully saturated rings. The SMILES string of the molecule is CC(=O)N1N=C(c2ccc(NC(=O)C(c3ccc(Cl)cc3)C(C)C)cc2)CC1c1ccccc1Cl. The lowest BCUT2D eigenvalue weighted by Crippen LogP contribution is -2.25. The molecule has 1 heterocycles. The van der Waals surface area contributed by atoms with Crippen molar-refractivity contribution in [2.45, 2.75) is 39.2 Å². The highest BCUT2D eigenvalue weighted by atomic mass is 35.5. The fourth-order valence-corrected chi connectivity index (χ4v) is 4.83. The maximum absolute atomic E-state index is 13.1. The van der Waals surface area contributed by atoms with Gasteiger partial charge < -0.3 is 5.32 Å². The summed E-state index contributed by atoms with van der Waals surface area (Å²) in [5.41, 5.74) is 4.18. The maximum atomic E-state index is 13.1. The number of anilines is 1. The van der Waals surface area contributed by atoms with E-state index in [1.54, 1.807) is 12.1 Å². The van der Waals surface area contributed by atoms with Gasteiger partial charge in [0, 0.05) is 29.1 Å². The molecule has 0 aromatic heterocycles. The third-order valence-corrected chi connectivity index (χ3v) is 6.76. The van der Waals surface area contributed by atoms with Crippen LogP contribution < -0.4 is 5.32 Å². The van der Waals surface area contributed by atoms with Crippen LogP contribution in [0.15, 0.2) is 77.9 Å². The second kappa shape index (κ2) is 10.6. The highest BCUT2D eigenvalue weighted by Gasteiger charge is 2.32. The molecule has 5 nitrogen and oxygen atoms in total. The monoisotopic (exact) mass is 507 g/mol. The number of hydrogen-bond acceptors (Lipinski definition) is 3. The Balaban J connectivity index is 1.51. The zero-order valence-electron chi connectivity index (χ0n) is 19.8. The fraction of sp³-hybridized carbons (Fsp3) is 0.250. The van der Waals surface area contributed by atoms with Gasteiger partial charge in [0.25, 0.3) is 0 Å². The van der Waals surface area contributed by atoms with Crippen LogP contribution in [0.3, 0.4) is 0 Å². The molecule has 0 radical (unpaired) electrons. The van der Waals surface area contributed by atoms with Gasteiger partial charge in [0.1, 0.15) is 0 Å². The largest absolute Gasteiger partial charge is 0.326 e. The number of benzene rings is 3. The van der Waals surface area contributed by atoms with E-state index in [1.807, 2.05) is 74.5 Å². The summed E-state index contributed by atoms with van der Waals surface area (Å²) in [5.74, 6) is -0.403. The number of carbonyl (C=O) groups is 2. The average Bonchev–Trinajstić information content (AvgIpc) is 3.27. The van der Waals surface area contributed by atoms with Crippen molar-refractivity contribution in [2.75, 3.05) is 5.32 Å². The van der Waals surface area contributed by atoms with Crippen molar-refractivity contribution in [2.24, 2.45) is 11.0 Å². The quantitative estimate of drug-likeness (QED) is 0.387. The fourth-order valence-electron chi connectivity index (χ4n) is 4.44. The van der Waals surface area contributed by atoms with Crippen LogP contribution in [-0.4, -0.2) is 22.5 Å². The van der Waals surface area contributed by atoms with Crippen molar-refractivity contribution in [3.05, 3.63) is 99.5 Å². The molecule has 1 aliphatic rings. The van der Waals surface area contributed by atoms with Crippen molar-refractivity contribution in [3.8, 4) is 0 Å². The van der Waals surface area contributed by atoms with Crippen molar-refractivity contribution < 1.29 is 9.59 Å². The molecule has 0 saturated carbocycles. The first-order chi connectivity index (χ1) is 16.7. The number of halogens is 2. The lowest BCUT2D eigenvalue weighted by atomic mass is 9.87. The molecule has 2 unspecified atom stereocenters. The number of amides is 2. The lowest BCUT2D eigenvalue weighted by Gasteiger charge is -2.21. The van der Waals surface area contributed by atoms with Crippen molar-refractivity contribution >= 4 is 46.4 Å². The Morgan fingerprint density at radius 3 is 2.23 bits per heavy atom. The van der Waals surface area contributed by atoms with Crippen molar-refractivity contribution in [3.63, 3.8) is 0 Å². The molecule has 2 amide bonds. The second-order valence-electron chi connectivity index (χ2n) is 8.99. The van der Waals surface area contributed by atoms with E-state index >= 15 is 0 Å². The molecule has 1 aliphatic heterocycles. The molecular weight excluding hydrogens is 481 g/mol. The van der Waals surface area contributed by atoms with Crippen LogP contribution in [0, 0.1) is 5.92 Å². The molecule has 1 N–H and O–H groups in total. The van der Waals surface area contributed by atoms with E-state index < -0.39 is 0 Å². The first kappa shape index (κ1) is 25.0. The van der Waals surface area contributed by atoms with Crippen LogP contribution in [0.5, 0.6) is 0 Å². The summed E-state index contributed by atoms with van der Waals surface area (Å²) >= 11 is 12.4. The molecule has 35 heavy (non-hydrogen) atoms. The first-order valence-electron chi connectivity index (χ1n) is 11.5. The Morgan fingerprint density at radius 2 is 1.63 bits per heavy atom. The Kier molecular flexibility index (Phi) is 7.58. The van der Waals surface area contributed by atoms with Crippen LogP contribution in [0.1, 0.15) is 55.8 Å². The normalized spacial score (nSPS) is 16.2. The van der Waals surface area contributed by atoms with Crippen LogP contribution in [-0.2, 0) is 9.59 Å². The number of hydrazone groups is 1. The highest BCUT2D eigenvalue weighted by molar-refractivity contribution is 6.31. The zero-order chi connectivity index (χ0) is 25.1. The summed E-state index contributed by atoms with van der Waals surface area (Å²) in [5, 5.41) is 10.4. The third-order valence-electron chi connectivity index (χ3n) is 6.16. The van der Waals surface area contributed by atoms with Crippen LogP contribution in [0.4, 0.5) is 5.69 Å². The standard InChI is InChI=1S/C28H27Cl2N3O2/c1-17(2)27(20-8-12-21(29)13-9-20)28(35)31-22-14-10-19(11-15-22)25-16-26(33(32-25)18(3)34)23-6-4-5-7-24(23)30/h4-15,17,26-27H,16H2,1-3H3,(H,31,35). The van der Waals surface area contributed by atoms with E-state index in [9.17, 15) is 9.59 Å². The van der Waals surface area contributed by atoms with Crippen LogP contribution in [0.2, 0.25) is 10.0 Å². The maximum Gasteiger partial charge on any atom is 0.240 e. The summed E-state index contributed by atoms with van der Waals surface area (Å²) < 4.78 is 0. The lowest BCUT2D eigenvalue weighted by molar-refractivity contribution is -0.130. The summed E-state index contributed by atoms with van der Waals surface area (Å²) in [4.78, 5) is 25.4. The van der Waals surface area contributed by atoms with E-state index in [0.29, 0.717) is 22.2 Å². The van der Waals surface area contributed by atoms with Crippen molar-refractivity contribution in [1.29, 1.82) is 0 Å². The summed E-state index contributed by atoms with van der Waals surface area (Å²) in [7, 11) is 0. The van der Waals surface area contributed by atoms with Gasteiger partial charge in [0.2, 0.25) is 11.8 Å². The number of nitrogens with one attached hydrogen (secondary N) is 1. The number of rotatable bonds is 6. The van der Waals surface area contributed by atoms with E-state index in [0.717, 1.165) is 22.4 Å². The molecule has 4 rings (SSSR count). The summed E-state index contributed by atoms with van der Waals surface area (Å²) in [6.45, 7) is 5.55. The van der Waals surface area contributed by atoms with E-state index in [1.165, 1.54) is 11.9 Å². The minimum absolute atomic E-state index is 0.0742. The summed E-state index contributed by atoms with van der Waals surface area (Å²) in [6, 6.07) is 22.2. The Bertz CT molecular complexity index is 1250. The smallest absolute Gasteiger partial charge is 0.240 e. The van der Waals surface area contributed by atoms with Gasteiger partial charge in [-0.3, -0.25) is 9.59 Å². The molecule has 180 valence electrons. The van der Waals surface area contributed by atoms with E-state index in [-0.39, 0.29) is 29.7 Å². The van der Waals surface area contributed by atoms with Crippen LogP contribution >= 0.6 is 23.2 Å². The Morgan fingerprint density at radius 1 is 0.971 bits per heavy atom.